The molecule has 1 aliphatic heterocycles. The normalized spacial score (nSPS) is 13.8. The molecule has 1 aliphatic rings. The summed E-state index contributed by atoms with van der Waals surface area (Å²) in [6, 6.07) is 11.0. The molecular formula is C23H19ClF2N2O3S. The molecule has 0 aliphatic carbocycles. The molecule has 2 amide bonds. The molecule has 1 fully saturated rings. The molecular weight excluding hydrogens is 458 g/mol. The van der Waals surface area contributed by atoms with Crippen molar-refractivity contribution in [3.8, 4) is 10.4 Å². The van der Waals surface area contributed by atoms with Gasteiger partial charge in [-0.1, -0.05) is 41.9 Å². The maximum atomic E-state index is 13.7. The number of carbonyl (C=O) groups is 2. The van der Waals surface area contributed by atoms with Crippen LogP contribution in [0.5, 0.6) is 0 Å². The first-order chi connectivity index (χ1) is 15.4. The number of carbonyl (C=O) groups excluding carboxylic acids is 2. The largest absolute Gasteiger partial charge is 0.378 e. The quantitative estimate of drug-likeness (QED) is 0.514. The van der Waals surface area contributed by atoms with Gasteiger partial charge in [0.2, 0.25) is 0 Å². The van der Waals surface area contributed by atoms with Crippen molar-refractivity contribution in [2.45, 2.75) is 6.92 Å². The van der Waals surface area contributed by atoms with Gasteiger partial charge in [0.1, 0.15) is 5.00 Å². The van der Waals surface area contributed by atoms with Crippen LogP contribution in [-0.4, -0.2) is 43.0 Å². The number of thiophene rings is 1. The van der Waals surface area contributed by atoms with E-state index in [-0.39, 0.29) is 16.5 Å². The zero-order valence-corrected chi connectivity index (χ0v) is 18.7. The van der Waals surface area contributed by atoms with E-state index in [1.807, 2.05) is 37.3 Å². The number of morpholine rings is 1. The fourth-order valence-corrected chi connectivity index (χ4v) is 4.95. The molecule has 9 heteroatoms. The summed E-state index contributed by atoms with van der Waals surface area (Å²) < 4.78 is 32.5. The SMILES string of the molecule is Cc1c(-c2ccccc2)sc(NC(=O)c2cc(F)c(F)cc2Cl)c1C(=O)N1CCOCC1. The molecule has 2 heterocycles. The highest BCUT2D eigenvalue weighted by Crippen LogP contribution is 2.41. The van der Waals surface area contributed by atoms with Gasteiger partial charge in [0.05, 0.1) is 29.4 Å². The van der Waals surface area contributed by atoms with Crippen LogP contribution in [0.3, 0.4) is 0 Å². The summed E-state index contributed by atoms with van der Waals surface area (Å²) >= 11 is 7.21. The Kier molecular flexibility index (Phi) is 6.55. The molecule has 166 valence electrons. The van der Waals surface area contributed by atoms with Crippen molar-refractivity contribution in [1.82, 2.24) is 4.90 Å². The number of nitrogens with one attached hydrogen (secondary N) is 1. The van der Waals surface area contributed by atoms with Crippen molar-refractivity contribution in [3.05, 3.63) is 75.8 Å². The Morgan fingerprint density at radius 3 is 2.44 bits per heavy atom. The van der Waals surface area contributed by atoms with Crippen molar-refractivity contribution in [1.29, 1.82) is 0 Å². The van der Waals surface area contributed by atoms with Crippen LogP contribution in [0.2, 0.25) is 5.02 Å². The first-order valence-electron chi connectivity index (χ1n) is 9.88. The number of rotatable bonds is 4. The van der Waals surface area contributed by atoms with E-state index < -0.39 is 17.5 Å². The molecule has 0 radical (unpaired) electrons. The molecule has 0 atom stereocenters. The van der Waals surface area contributed by atoms with Gasteiger partial charge < -0.3 is 15.0 Å². The van der Waals surface area contributed by atoms with Crippen LogP contribution in [-0.2, 0) is 4.74 Å². The molecule has 3 aromatic rings. The number of nitrogens with zero attached hydrogens (tertiary/aromatic N) is 1. The van der Waals surface area contributed by atoms with E-state index in [4.69, 9.17) is 16.3 Å². The molecule has 0 bridgehead atoms. The predicted molar refractivity (Wildman–Crippen MR) is 121 cm³/mol. The van der Waals surface area contributed by atoms with E-state index in [0.717, 1.165) is 28.1 Å². The zero-order chi connectivity index (χ0) is 22.8. The van der Waals surface area contributed by atoms with Crippen molar-refractivity contribution in [3.63, 3.8) is 0 Å². The highest BCUT2D eigenvalue weighted by atomic mass is 35.5. The molecule has 5 nitrogen and oxygen atoms in total. The second-order valence-corrected chi connectivity index (χ2v) is 8.66. The van der Waals surface area contributed by atoms with E-state index in [0.29, 0.717) is 36.9 Å². The molecule has 4 rings (SSSR count). The van der Waals surface area contributed by atoms with E-state index in [2.05, 4.69) is 5.32 Å². The van der Waals surface area contributed by atoms with Crippen molar-refractivity contribution in [2.75, 3.05) is 31.6 Å². The zero-order valence-electron chi connectivity index (χ0n) is 17.1. The summed E-state index contributed by atoms with van der Waals surface area (Å²) in [4.78, 5) is 28.7. The summed E-state index contributed by atoms with van der Waals surface area (Å²) in [6.45, 7) is 3.58. The minimum absolute atomic E-state index is 0.220. The summed E-state index contributed by atoms with van der Waals surface area (Å²) in [6.07, 6.45) is 0. The average molecular weight is 477 g/mol. The first kappa shape index (κ1) is 22.4. The maximum Gasteiger partial charge on any atom is 0.257 e. The minimum Gasteiger partial charge on any atom is -0.378 e. The first-order valence-corrected chi connectivity index (χ1v) is 11.1. The molecule has 0 unspecified atom stereocenters. The number of amides is 2. The summed E-state index contributed by atoms with van der Waals surface area (Å²) in [5.74, 6) is -3.29. The number of hydrogen-bond acceptors (Lipinski definition) is 4. The Labute approximate surface area is 192 Å². The summed E-state index contributed by atoms with van der Waals surface area (Å²) in [5.41, 5.74) is 1.77. The van der Waals surface area contributed by atoms with Gasteiger partial charge in [0, 0.05) is 18.0 Å². The Balaban J connectivity index is 1.75. The van der Waals surface area contributed by atoms with Gasteiger partial charge in [-0.3, -0.25) is 9.59 Å². The van der Waals surface area contributed by atoms with Crippen molar-refractivity contribution >= 4 is 39.8 Å². The fraction of sp³-hybridized carbons (Fsp3) is 0.217. The van der Waals surface area contributed by atoms with Crippen LogP contribution >= 0.6 is 22.9 Å². The van der Waals surface area contributed by atoms with Crippen LogP contribution in [0, 0.1) is 18.6 Å². The summed E-state index contributed by atoms with van der Waals surface area (Å²) in [5, 5.41) is 2.79. The fourth-order valence-electron chi connectivity index (χ4n) is 3.52. The standard InChI is InChI=1S/C23H19ClF2N2O3S/c1-13-19(23(30)28-7-9-31-10-8-28)22(32-20(13)14-5-3-2-4-6-14)27-21(29)15-11-17(25)18(26)12-16(15)24/h2-6,11-12H,7-10H2,1H3,(H,27,29). The van der Waals surface area contributed by atoms with Gasteiger partial charge in [-0.25, -0.2) is 8.78 Å². The van der Waals surface area contributed by atoms with Crippen LogP contribution < -0.4 is 5.32 Å². The Morgan fingerprint density at radius 2 is 1.75 bits per heavy atom. The molecule has 1 aromatic heterocycles. The van der Waals surface area contributed by atoms with Crippen LogP contribution in [0.1, 0.15) is 26.3 Å². The van der Waals surface area contributed by atoms with E-state index in [9.17, 15) is 18.4 Å². The third-order valence-electron chi connectivity index (χ3n) is 5.18. The molecule has 2 aromatic carbocycles. The van der Waals surface area contributed by atoms with Crippen LogP contribution in [0.4, 0.5) is 13.8 Å². The Hall–Kier alpha value is -2.81. The lowest BCUT2D eigenvalue weighted by Crippen LogP contribution is -2.41. The molecule has 1 N–H and O–H groups in total. The highest BCUT2D eigenvalue weighted by molar-refractivity contribution is 7.20. The van der Waals surface area contributed by atoms with Crippen LogP contribution in [0.15, 0.2) is 42.5 Å². The lowest BCUT2D eigenvalue weighted by atomic mass is 10.1. The third-order valence-corrected chi connectivity index (χ3v) is 6.75. The number of benzene rings is 2. The average Bonchev–Trinajstić information content (AvgIpc) is 3.12. The second kappa shape index (κ2) is 9.36. The Bertz CT molecular complexity index is 1180. The van der Waals surface area contributed by atoms with E-state index in [1.165, 1.54) is 11.3 Å². The van der Waals surface area contributed by atoms with Gasteiger partial charge >= 0.3 is 0 Å². The highest BCUT2D eigenvalue weighted by Gasteiger charge is 2.28. The molecule has 1 saturated heterocycles. The molecule has 32 heavy (non-hydrogen) atoms. The number of anilines is 1. The number of halogens is 3. The van der Waals surface area contributed by atoms with Gasteiger partial charge in [-0.05, 0) is 30.2 Å². The van der Waals surface area contributed by atoms with Gasteiger partial charge in [-0.2, -0.15) is 0 Å². The van der Waals surface area contributed by atoms with E-state index in [1.54, 1.807) is 4.90 Å². The van der Waals surface area contributed by atoms with Crippen LogP contribution in [0.25, 0.3) is 10.4 Å². The van der Waals surface area contributed by atoms with E-state index >= 15 is 0 Å². The second-order valence-electron chi connectivity index (χ2n) is 7.23. The van der Waals surface area contributed by atoms with Gasteiger partial charge in [0.15, 0.2) is 11.6 Å². The topological polar surface area (TPSA) is 58.6 Å². The summed E-state index contributed by atoms with van der Waals surface area (Å²) in [7, 11) is 0. The smallest absolute Gasteiger partial charge is 0.257 e. The minimum atomic E-state index is -1.18. The lowest BCUT2D eigenvalue weighted by Gasteiger charge is -2.27. The molecule has 0 saturated carbocycles. The maximum absolute atomic E-state index is 13.7. The molecule has 0 spiro atoms. The predicted octanol–water partition coefficient (Wildman–Crippen LogP) is 5.38. The van der Waals surface area contributed by atoms with Gasteiger partial charge in [-0.15, -0.1) is 11.3 Å². The number of hydrogen-bond donors (Lipinski definition) is 1. The van der Waals surface area contributed by atoms with Crippen molar-refractivity contribution < 1.29 is 23.1 Å². The lowest BCUT2D eigenvalue weighted by molar-refractivity contribution is 0.0303. The number of ether oxygens (including phenoxy) is 1. The van der Waals surface area contributed by atoms with Gasteiger partial charge in [0.25, 0.3) is 11.8 Å². The van der Waals surface area contributed by atoms with Crippen molar-refractivity contribution in [2.24, 2.45) is 0 Å². The third kappa shape index (κ3) is 4.39. The Morgan fingerprint density at radius 1 is 1.09 bits per heavy atom. The monoisotopic (exact) mass is 476 g/mol.